The fraction of sp³-hybridized carbons (Fsp3) is 0.389. The number of carbonyl (C=O) groups excluding carboxylic acids is 2. The highest BCUT2D eigenvalue weighted by atomic mass is 16.5. The summed E-state index contributed by atoms with van der Waals surface area (Å²) >= 11 is 0. The predicted molar refractivity (Wildman–Crippen MR) is 89.3 cm³/mol. The van der Waals surface area contributed by atoms with Gasteiger partial charge in [-0.1, -0.05) is 13.3 Å². The van der Waals surface area contributed by atoms with Crippen molar-refractivity contribution in [3.05, 3.63) is 39.7 Å². The van der Waals surface area contributed by atoms with E-state index in [1.807, 2.05) is 13.8 Å². The van der Waals surface area contributed by atoms with E-state index in [0.717, 1.165) is 17.5 Å². The van der Waals surface area contributed by atoms with Crippen LogP contribution < -0.4 is 20.8 Å². The monoisotopic (exact) mass is 346 g/mol. The van der Waals surface area contributed by atoms with Crippen molar-refractivity contribution in [3.63, 3.8) is 0 Å². The molecule has 0 fully saturated rings. The van der Waals surface area contributed by atoms with Gasteiger partial charge in [0.25, 0.3) is 5.91 Å². The highest BCUT2D eigenvalue weighted by Crippen LogP contribution is 2.30. The highest BCUT2D eigenvalue weighted by Gasteiger charge is 2.14. The fourth-order valence-electron chi connectivity index (χ4n) is 2.54. The number of ether oxygens (including phenoxy) is 1. The third-order valence-electron chi connectivity index (χ3n) is 3.64. The summed E-state index contributed by atoms with van der Waals surface area (Å²) in [6, 6.07) is 3.79. The first-order valence-corrected chi connectivity index (χ1v) is 8.02. The van der Waals surface area contributed by atoms with Gasteiger partial charge in [0.2, 0.25) is 0 Å². The molecule has 1 atom stereocenters. The minimum Gasteiger partial charge on any atom is -0.548 e. The molecule has 0 aliphatic heterocycles. The SMILES string of the molecule is CCCc1cc(=O)oc2cc(C)cc(OCC(=O)N[C@@H](C)C(=O)[O-])c12. The van der Waals surface area contributed by atoms with Crippen LogP contribution in [0.4, 0.5) is 0 Å². The van der Waals surface area contributed by atoms with Gasteiger partial charge in [-0.05, 0) is 43.5 Å². The topological polar surface area (TPSA) is 109 Å². The van der Waals surface area contributed by atoms with Crippen molar-refractivity contribution in [2.45, 2.75) is 39.7 Å². The molecule has 134 valence electrons. The van der Waals surface area contributed by atoms with Crippen LogP contribution in [0.2, 0.25) is 0 Å². The number of carboxylic acids is 1. The van der Waals surface area contributed by atoms with Crippen LogP contribution in [0.25, 0.3) is 11.0 Å². The van der Waals surface area contributed by atoms with Crippen molar-refractivity contribution in [2.24, 2.45) is 0 Å². The zero-order valence-electron chi connectivity index (χ0n) is 14.4. The maximum Gasteiger partial charge on any atom is 0.336 e. The van der Waals surface area contributed by atoms with Gasteiger partial charge < -0.3 is 24.4 Å². The van der Waals surface area contributed by atoms with E-state index in [0.29, 0.717) is 23.1 Å². The second-order valence-electron chi connectivity index (χ2n) is 5.87. The Labute approximate surface area is 144 Å². The summed E-state index contributed by atoms with van der Waals surface area (Å²) < 4.78 is 10.8. The number of rotatable bonds is 7. The Morgan fingerprint density at radius 3 is 2.68 bits per heavy atom. The van der Waals surface area contributed by atoms with E-state index in [1.165, 1.54) is 13.0 Å². The summed E-state index contributed by atoms with van der Waals surface area (Å²) in [5.41, 5.74) is 1.55. The number of benzene rings is 1. The molecule has 1 aromatic carbocycles. The molecule has 0 saturated heterocycles. The lowest BCUT2D eigenvalue weighted by Crippen LogP contribution is -2.47. The highest BCUT2D eigenvalue weighted by molar-refractivity contribution is 5.88. The van der Waals surface area contributed by atoms with Crippen LogP contribution in [0, 0.1) is 6.92 Å². The third-order valence-corrected chi connectivity index (χ3v) is 3.64. The largest absolute Gasteiger partial charge is 0.548 e. The van der Waals surface area contributed by atoms with Crippen LogP contribution in [-0.4, -0.2) is 24.5 Å². The Balaban J connectivity index is 2.32. The summed E-state index contributed by atoms with van der Waals surface area (Å²) in [7, 11) is 0. The fourth-order valence-corrected chi connectivity index (χ4v) is 2.54. The third kappa shape index (κ3) is 4.59. The number of amides is 1. The average Bonchev–Trinajstić information content (AvgIpc) is 2.51. The van der Waals surface area contributed by atoms with E-state index >= 15 is 0 Å². The van der Waals surface area contributed by atoms with Gasteiger partial charge >= 0.3 is 5.63 Å². The maximum absolute atomic E-state index is 11.8. The maximum atomic E-state index is 11.8. The molecule has 0 spiro atoms. The first-order chi connectivity index (χ1) is 11.8. The molecule has 1 heterocycles. The summed E-state index contributed by atoms with van der Waals surface area (Å²) in [5.74, 6) is -1.54. The summed E-state index contributed by atoms with van der Waals surface area (Å²) in [6.07, 6.45) is 1.49. The van der Waals surface area contributed by atoms with Gasteiger partial charge in [-0.3, -0.25) is 4.79 Å². The summed E-state index contributed by atoms with van der Waals surface area (Å²) in [4.78, 5) is 34.2. The van der Waals surface area contributed by atoms with E-state index in [4.69, 9.17) is 9.15 Å². The zero-order valence-corrected chi connectivity index (χ0v) is 14.4. The first kappa shape index (κ1) is 18.5. The van der Waals surface area contributed by atoms with E-state index in [-0.39, 0.29) is 6.61 Å². The second-order valence-corrected chi connectivity index (χ2v) is 5.87. The molecule has 1 amide bonds. The molecule has 0 radical (unpaired) electrons. The van der Waals surface area contributed by atoms with Gasteiger partial charge in [-0.25, -0.2) is 4.79 Å². The summed E-state index contributed by atoms with van der Waals surface area (Å²) in [6.45, 7) is 4.76. The Morgan fingerprint density at radius 2 is 2.04 bits per heavy atom. The van der Waals surface area contributed by atoms with Crippen LogP contribution in [0.3, 0.4) is 0 Å². The number of nitrogens with one attached hydrogen (secondary N) is 1. The van der Waals surface area contributed by atoms with E-state index in [1.54, 1.807) is 12.1 Å². The smallest absolute Gasteiger partial charge is 0.336 e. The number of aryl methyl sites for hydroxylation is 2. The van der Waals surface area contributed by atoms with Gasteiger partial charge in [0.1, 0.15) is 11.3 Å². The van der Waals surface area contributed by atoms with Crippen molar-refractivity contribution in [1.82, 2.24) is 5.32 Å². The minimum atomic E-state index is -1.37. The van der Waals surface area contributed by atoms with Crippen molar-refractivity contribution in [1.29, 1.82) is 0 Å². The van der Waals surface area contributed by atoms with Crippen LogP contribution in [-0.2, 0) is 16.0 Å². The average molecular weight is 346 g/mol. The standard InChI is InChI=1S/C18H21NO6/c1-4-5-12-8-16(21)25-14-7-10(2)6-13(17(12)14)24-9-15(20)19-11(3)18(22)23/h6-8,11H,4-5,9H2,1-3H3,(H,19,20)(H,22,23)/p-1/t11-/m0/s1. The molecule has 0 bridgehead atoms. The predicted octanol–water partition coefficient (Wildman–Crippen LogP) is 0.687. The molecule has 0 aliphatic rings. The van der Waals surface area contributed by atoms with Crippen molar-refractivity contribution in [2.75, 3.05) is 6.61 Å². The Kier molecular flexibility index (Phi) is 5.80. The van der Waals surface area contributed by atoms with Crippen molar-refractivity contribution >= 4 is 22.8 Å². The lowest BCUT2D eigenvalue weighted by atomic mass is 10.0. The van der Waals surface area contributed by atoms with E-state index < -0.39 is 23.5 Å². The van der Waals surface area contributed by atoms with Crippen LogP contribution in [0.5, 0.6) is 5.75 Å². The van der Waals surface area contributed by atoms with Crippen LogP contribution in [0.1, 0.15) is 31.4 Å². The number of carboxylic acid groups (broad SMARTS) is 1. The lowest BCUT2D eigenvalue weighted by molar-refractivity contribution is -0.307. The molecular weight excluding hydrogens is 326 g/mol. The van der Waals surface area contributed by atoms with E-state index in [9.17, 15) is 19.5 Å². The van der Waals surface area contributed by atoms with Crippen LogP contribution >= 0.6 is 0 Å². The van der Waals surface area contributed by atoms with Crippen LogP contribution in [0.15, 0.2) is 27.4 Å². The van der Waals surface area contributed by atoms with Crippen molar-refractivity contribution in [3.8, 4) is 5.75 Å². The van der Waals surface area contributed by atoms with Gasteiger partial charge in [-0.15, -0.1) is 0 Å². The number of hydrogen-bond donors (Lipinski definition) is 1. The Hall–Kier alpha value is -2.83. The Morgan fingerprint density at radius 1 is 1.32 bits per heavy atom. The molecule has 0 saturated carbocycles. The van der Waals surface area contributed by atoms with E-state index in [2.05, 4.69) is 5.32 Å². The lowest BCUT2D eigenvalue weighted by Gasteiger charge is -2.16. The van der Waals surface area contributed by atoms with Crippen molar-refractivity contribution < 1.29 is 23.8 Å². The first-order valence-electron chi connectivity index (χ1n) is 8.02. The van der Waals surface area contributed by atoms with Gasteiger partial charge in [0, 0.05) is 6.07 Å². The number of aliphatic carboxylic acids is 1. The molecule has 0 unspecified atom stereocenters. The number of fused-ring (bicyclic) bond motifs is 1. The quantitative estimate of drug-likeness (QED) is 0.739. The molecule has 0 aliphatic carbocycles. The molecule has 1 N–H and O–H groups in total. The molecule has 1 aromatic heterocycles. The molecule has 25 heavy (non-hydrogen) atoms. The summed E-state index contributed by atoms with van der Waals surface area (Å²) in [5, 5.41) is 13.6. The zero-order chi connectivity index (χ0) is 18.6. The van der Waals surface area contributed by atoms with Gasteiger partial charge in [-0.2, -0.15) is 0 Å². The minimum absolute atomic E-state index is 0.360. The molecule has 2 rings (SSSR count). The van der Waals surface area contributed by atoms with Gasteiger partial charge in [0.15, 0.2) is 6.61 Å². The van der Waals surface area contributed by atoms with Gasteiger partial charge in [0.05, 0.1) is 17.4 Å². The number of carbonyl (C=O) groups is 2. The number of hydrogen-bond acceptors (Lipinski definition) is 6. The molecule has 2 aromatic rings. The normalized spacial score (nSPS) is 12.0. The Bertz CT molecular complexity index is 855. The molecule has 7 nitrogen and oxygen atoms in total. The second kappa shape index (κ2) is 7.83. The molecule has 7 heteroatoms. The molecular formula is C18H20NO6-.